The average molecular weight is 535 g/mol. The van der Waals surface area contributed by atoms with Crippen LogP contribution in [0.3, 0.4) is 0 Å². The van der Waals surface area contributed by atoms with E-state index in [-0.39, 0.29) is 0 Å². The molecule has 0 saturated carbocycles. The number of benzene rings is 6. The molecule has 0 spiro atoms. The van der Waals surface area contributed by atoms with Gasteiger partial charge in [0.2, 0.25) is 0 Å². The zero-order valence-electron chi connectivity index (χ0n) is 22.9. The number of para-hydroxylation sites is 1. The van der Waals surface area contributed by atoms with Crippen molar-refractivity contribution in [2.45, 2.75) is 0 Å². The number of hydrogen-bond donors (Lipinski definition) is 0. The van der Waals surface area contributed by atoms with Gasteiger partial charge in [-0.15, -0.1) is 0 Å². The Balaban J connectivity index is 1.28. The molecule has 2 aromatic heterocycles. The van der Waals surface area contributed by atoms with Crippen LogP contribution in [0.2, 0.25) is 0 Å². The molecule has 0 aliphatic rings. The fraction of sp³-hybridized carbons (Fsp3) is 0. The summed E-state index contributed by atoms with van der Waals surface area (Å²) in [6.07, 6.45) is 0. The Bertz CT molecular complexity index is 2140. The predicted octanol–water partition coefficient (Wildman–Crippen LogP) is 10.6. The maximum Gasteiger partial charge on any atom is 0.0788 e. The van der Waals surface area contributed by atoms with Gasteiger partial charge in [-0.05, 0) is 40.1 Å². The summed E-state index contributed by atoms with van der Waals surface area (Å²) in [7, 11) is 0. The van der Waals surface area contributed by atoms with Crippen molar-refractivity contribution in [2.24, 2.45) is 0 Å². The first-order valence-corrected chi connectivity index (χ1v) is 14.3. The molecule has 2 heteroatoms. The number of fused-ring (bicyclic) bond motifs is 5. The highest BCUT2D eigenvalue weighted by atomic mass is 14.7. The van der Waals surface area contributed by atoms with E-state index in [0.29, 0.717) is 0 Å². The highest BCUT2D eigenvalue weighted by molar-refractivity contribution is 6.22. The largest absolute Gasteiger partial charge is 0.248 e. The maximum atomic E-state index is 5.18. The third-order valence-electron chi connectivity index (χ3n) is 8.05. The van der Waals surface area contributed by atoms with Crippen molar-refractivity contribution in [1.82, 2.24) is 9.97 Å². The number of pyridine rings is 2. The van der Waals surface area contributed by atoms with Gasteiger partial charge in [-0.3, -0.25) is 0 Å². The van der Waals surface area contributed by atoms with Gasteiger partial charge < -0.3 is 0 Å². The van der Waals surface area contributed by atoms with Crippen LogP contribution in [0.1, 0.15) is 0 Å². The van der Waals surface area contributed by atoms with Crippen LogP contribution in [-0.4, -0.2) is 9.97 Å². The second kappa shape index (κ2) is 10.1. The quantitative estimate of drug-likeness (QED) is 0.210. The van der Waals surface area contributed by atoms with Crippen molar-refractivity contribution in [2.75, 3.05) is 0 Å². The van der Waals surface area contributed by atoms with Crippen molar-refractivity contribution >= 4 is 32.4 Å². The Morgan fingerprint density at radius 3 is 1.60 bits per heavy atom. The predicted molar refractivity (Wildman–Crippen MR) is 176 cm³/mol. The minimum atomic E-state index is 0.963. The monoisotopic (exact) mass is 534 g/mol. The summed E-state index contributed by atoms with van der Waals surface area (Å²) < 4.78 is 0. The second-order valence-corrected chi connectivity index (χ2v) is 10.6. The molecule has 8 rings (SSSR count). The first kappa shape index (κ1) is 24.2. The topological polar surface area (TPSA) is 25.8 Å². The maximum absolute atomic E-state index is 5.18. The van der Waals surface area contributed by atoms with E-state index in [2.05, 4.69) is 146 Å². The molecule has 0 N–H and O–H groups in total. The molecule has 0 saturated heterocycles. The van der Waals surface area contributed by atoms with Crippen LogP contribution in [0.15, 0.2) is 158 Å². The number of aromatic nitrogens is 2. The average Bonchev–Trinajstić information content (AvgIpc) is 3.08. The van der Waals surface area contributed by atoms with Crippen molar-refractivity contribution in [3.63, 3.8) is 0 Å². The summed E-state index contributed by atoms with van der Waals surface area (Å²) in [6, 6.07) is 55.5. The van der Waals surface area contributed by atoms with Crippen LogP contribution >= 0.6 is 0 Å². The summed E-state index contributed by atoms with van der Waals surface area (Å²) in [5, 5.41) is 6.10. The minimum Gasteiger partial charge on any atom is -0.248 e. The van der Waals surface area contributed by atoms with Crippen LogP contribution in [0, 0.1) is 0 Å². The molecule has 2 heterocycles. The second-order valence-electron chi connectivity index (χ2n) is 10.6. The molecular weight excluding hydrogens is 508 g/mol. The third-order valence-corrected chi connectivity index (χ3v) is 8.05. The lowest BCUT2D eigenvalue weighted by Crippen LogP contribution is -1.92. The Kier molecular flexibility index (Phi) is 5.82. The molecule has 0 aliphatic heterocycles. The summed E-state index contributed by atoms with van der Waals surface area (Å²) in [5.41, 5.74) is 9.53. The number of hydrogen-bond acceptors (Lipinski definition) is 2. The fourth-order valence-electron chi connectivity index (χ4n) is 5.97. The molecule has 0 fully saturated rings. The van der Waals surface area contributed by atoms with Gasteiger partial charge >= 0.3 is 0 Å². The molecule has 196 valence electrons. The van der Waals surface area contributed by atoms with E-state index < -0.39 is 0 Å². The van der Waals surface area contributed by atoms with Crippen molar-refractivity contribution in [1.29, 1.82) is 0 Å². The molecule has 0 aliphatic carbocycles. The van der Waals surface area contributed by atoms with E-state index in [1.54, 1.807) is 0 Å². The van der Waals surface area contributed by atoms with E-state index in [4.69, 9.17) is 9.97 Å². The molecule has 0 radical (unpaired) electrons. The lowest BCUT2D eigenvalue weighted by atomic mass is 9.94. The standard InChI is InChI=1S/C40H26N2/c1-3-12-29(13-4-1)37-25-32(26-38(41-37)30-14-5-2-6-15-30)27-19-21-31(22-20-27)40-35-24-23-28-11-7-8-16-33(28)39(35)34-17-9-10-18-36(34)42-40/h1-26H. The third kappa shape index (κ3) is 4.22. The Morgan fingerprint density at radius 2 is 0.905 bits per heavy atom. The van der Waals surface area contributed by atoms with Crippen LogP contribution in [0.5, 0.6) is 0 Å². The van der Waals surface area contributed by atoms with E-state index in [1.807, 2.05) is 12.1 Å². The molecule has 8 aromatic rings. The normalized spacial score (nSPS) is 11.3. The Hall–Kier alpha value is -5.60. The molecule has 6 aromatic carbocycles. The zero-order chi connectivity index (χ0) is 27.9. The van der Waals surface area contributed by atoms with E-state index in [0.717, 1.165) is 50.4 Å². The van der Waals surface area contributed by atoms with E-state index in [9.17, 15) is 0 Å². The summed E-state index contributed by atoms with van der Waals surface area (Å²) in [5.74, 6) is 0. The fourth-order valence-corrected chi connectivity index (χ4v) is 5.97. The Morgan fingerprint density at radius 1 is 0.333 bits per heavy atom. The first-order chi connectivity index (χ1) is 20.8. The molecule has 0 bridgehead atoms. The van der Waals surface area contributed by atoms with Gasteiger partial charge in [0.25, 0.3) is 0 Å². The van der Waals surface area contributed by atoms with Gasteiger partial charge in [-0.2, -0.15) is 0 Å². The first-order valence-electron chi connectivity index (χ1n) is 14.3. The van der Waals surface area contributed by atoms with Crippen molar-refractivity contribution < 1.29 is 0 Å². The molecular formula is C40H26N2. The number of rotatable bonds is 4. The van der Waals surface area contributed by atoms with Crippen LogP contribution in [0.25, 0.3) is 77.3 Å². The molecule has 0 unspecified atom stereocenters. The minimum absolute atomic E-state index is 0.963. The summed E-state index contributed by atoms with van der Waals surface area (Å²) in [6.45, 7) is 0. The highest BCUT2D eigenvalue weighted by Crippen LogP contribution is 2.38. The van der Waals surface area contributed by atoms with E-state index in [1.165, 1.54) is 26.9 Å². The smallest absolute Gasteiger partial charge is 0.0788 e. The van der Waals surface area contributed by atoms with Crippen molar-refractivity contribution in [3.8, 4) is 44.9 Å². The van der Waals surface area contributed by atoms with Gasteiger partial charge in [0, 0.05) is 32.8 Å². The number of nitrogens with zero attached hydrogens (tertiary/aromatic N) is 2. The van der Waals surface area contributed by atoms with Crippen LogP contribution < -0.4 is 0 Å². The summed E-state index contributed by atoms with van der Waals surface area (Å²) in [4.78, 5) is 10.2. The van der Waals surface area contributed by atoms with Gasteiger partial charge in [-0.25, -0.2) is 9.97 Å². The van der Waals surface area contributed by atoms with Gasteiger partial charge in [-0.1, -0.05) is 140 Å². The van der Waals surface area contributed by atoms with Gasteiger partial charge in [0.15, 0.2) is 0 Å². The summed E-state index contributed by atoms with van der Waals surface area (Å²) >= 11 is 0. The van der Waals surface area contributed by atoms with Crippen LogP contribution in [-0.2, 0) is 0 Å². The van der Waals surface area contributed by atoms with Crippen LogP contribution in [0.4, 0.5) is 0 Å². The van der Waals surface area contributed by atoms with E-state index >= 15 is 0 Å². The van der Waals surface area contributed by atoms with Gasteiger partial charge in [0.05, 0.1) is 22.6 Å². The zero-order valence-corrected chi connectivity index (χ0v) is 22.9. The molecule has 42 heavy (non-hydrogen) atoms. The van der Waals surface area contributed by atoms with Gasteiger partial charge in [0.1, 0.15) is 0 Å². The highest BCUT2D eigenvalue weighted by Gasteiger charge is 2.14. The lowest BCUT2D eigenvalue weighted by molar-refractivity contribution is 1.32. The Labute approximate surface area is 244 Å². The SMILES string of the molecule is c1ccc(-c2cc(-c3ccc(-c4nc5ccccc5c5c4ccc4ccccc45)cc3)cc(-c3ccccc3)n2)cc1. The molecule has 2 nitrogen and oxygen atoms in total. The molecule has 0 amide bonds. The molecule has 0 atom stereocenters. The van der Waals surface area contributed by atoms with Crippen molar-refractivity contribution in [3.05, 3.63) is 158 Å². The lowest BCUT2D eigenvalue weighted by Gasteiger charge is -2.13.